The van der Waals surface area contributed by atoms with Crippen molar-refractivity contribution < 1.29 is 31.9 Å². The first-order chi connectivity index (χ1) is 12.8. The van der Waals surface area contributed by atoms with Gasteiger partial charge in [-0.05, 0) is 23.3 Å². The van der Waals surface area contributed by atoms with Crippen molar-refractivity contribution in [1.29, 1.82) is 0 Å². The fraction of sp³-hybridized carbons (Fsp3) is 0.294. The van der Waals surface area contributed by atoms with Crippen LogP contribution in [0.4, 0.5) is 22.4 Å². The van der Waals surface area contributed by atoms with E-state index in [0.29, 0.717) is 5.56 Å². The Kier molecular flexibility index (Phi) is 5.06. The number of ether oxygens (including phenoxy) is 1. The number of aromatic nitrogens is 2. The number of halogens is 4. The number of cyclic esters (lactones) is 1. The second kappa shape index (κ2) is 7.29. The average molecular weight is 383 g/mol. The van der Waals surface area contributed by atoms with Crippen LogP contribution in [0.1, 0.15) is 29.3 Å². The van der Waals surface area contributed by atoms with E-state index in [1.807, 2.05) is 0 Å². The normalized spacial score (nSPS) is 15.6. The van der Waals surface area contributed by atoms with Crippen LogP contribution in [0, 0.1) is 5.82 Å². The Balaban J connectivity index is 1.91. The van der Waals surface area contributed by atoms with Gasteiger partial charge in [0, 0.05) is 24.7 Å². The molecular formula is C17H13F4N3O3. The van der Waals surface area contributed by atoms with Crippen LogP contribution >= 0.6 is 0 Å². The van der Waals surface area contributed by atoms with Crippen molar-refractivity contribution in [3.63, 3.8) is 0 Å². The third-order valence-corrected chi connectivity index (χ3v) is 4.04. The van der Waals surface area contributed by atoms with Crippen molar-refractivity contribution in [2.45, 2.75) is 18.5 Å². The lowest BCUT2D eigenvalue weighted by Gasteiger charge is -2.19. The van der Waals surface area contributed by atoms with Crippen LogP contribution in [-0.4, -0.2) is 40.0 Å². The molecule has 6 nitrogen and oxygen atoms in total. The molecule has 0 radical (unpaired) electrons. The lowest BCUT2D eigenvalue weighted by atomic mass is 9.89. The topological polar surface area (TPSA) is 72.4 Å². The van der Waals surface area contributed by atoms with E-state index < -0.39 is 35.7 Å². The van der Waals surface area contributed by atoms with Gasteiger partial charge in [-0.15, -0.1) is 0 Å². The molecule has 0 saturated carbocycles. The van der Waals surface area contributed by atoms with E-state index in [1.165, 1.54) is 24.3 Å². The van der Waals surface area contributed by atoms with E-state index in [0.717, 1.165) is 17.3 Å². The molecule has 1 saturated heterocycles. The van der Waals surface area contributed by atoms with Crippen LogP contribution in [0.2, 0.25) is 0 Å². The van der Waals surface area contributed by atoms with Crippen molar-refractivity contribution in [1.82, 2.24) is 14.9 Å². The maximum absolute atomic E-state index is 13.2. The SMILES string of the molecule is O=C(CC(c1ccc(F)cc1)c1cnc(C(F)(F)F)nc1)N1CCOC1=O. The average Bonchev–Trinajstić information content (AvgIpc) is 3.06. The lowest BCUT2D eigenvalue weighted by Crippen LogP contribution is -2.32. The molecule has 0 spiro atoms. The highest BCUT2D eigenvalue weighted by molar-refractivity contribution is 5.93. The van der Waals surface area contributed by atoms with Crippen LogP contribution in [-0.2, 0) is 15.7 Å². The fourth-order valence-electron chi connectivity index (χ4n) is 2.69. The van der Waals surface area contributed by atoms with E-state index in [4.69, 9.17) is 4.74 Å². The number of benzene rings is 1. The van der Waals surface area contributed by atoms with Gasteiger partial charge in [0.1, 0.15) is 12.4 Å². The van der Waals surface area contributed by atoms with Gasteiger partial charge in [0.2, 0.25) is 11.7 Å². The molecule has 27 heavy (non-hydrogen) atoms. The van der Waals surface area contributed by atoms with Crippen LogP contribution in [0.25, 0.3) is 0 Å². The first-order valence-electron chi connectivity index (χ1n) is 7.87. The molecule has 2 heterocycles. The molecule has 1 aromatic heterocycles. The minimum atomic E-state index is -4.70. The number of rotatable bonds is 4. The third-order valence-electron chi connectivity index (χ3n) is 4.04. The summed E-state index contributed by atoms with van der Waals surface area (Å²) in [6, 6.07) is 5.16. The molecule has 1 atom stereocenters. The number of amides is 2. The van der Waals surface area contributed by atoms with Gasteiger partial charge in [0.15, 0.2) is 0 Å². The van der Waals surface area contributed by atoms with Gasteiger partial charge >= 0.3 is 12.3 Å². The molecule has 3 rings (SSSR count). The highest BCUT2D eigenvalue weighted by Gasteiger charge is 2.35. The monoisotopic (exact) mass is 383 g/mol. The van der Waals surface area contributed by atoms with E-state index in [1.54, 1.807) is 0 Å². The number of carbonyl (C=O) groups excluding carboxylic acids is 2. The van der Waals surface area contributed by atoms with Gasteiger partial charge in [-0.25, -0.2) is 24.1 Å². The quantitative estimate of drug-likeness (QED) is 0.759. The van der Waals surface area contributed by atoms with Crippen molar-refractivity contribution in [2.24, 2.45) is 0 Å². The summed E-state index contributed by atoms with van der Waals surface area (Å²) < 4.78 is 55.9. The van der Waals surface area contributed by atoms with Gasteiger partial charge in [-0.2, -0.15) is 13.2 Å². The second-order valence-electron chi connectivity index (χ2n) is 5.81. The summed E-state index contributed by atoms with van der Waals surface area (Å²) in [6.45, 7) is 0.173. The standard InChI is InChI=1S/C17H13F4N3O3/c18-12-3-1-10(2-4-12)13(7-14(25)24-5-6-27-16(24)26)11-8-22-15(23-9-11)17(19,20)21/h1-4,8-9,13H,5-7H2. The first kappa shape index (κ1) is 18.7. The van der Waals surface area contributed by atoms with Gasteiger partial charge in [-0.1, -0.05) is 12.1 Å². The van der Waals surface area contributed by atoms with Crippen LogP contribution < -0.4 is 0 Å². The molecule has 0 bridgehead atoms. The molecule has 10 heteroatoms. The van der Waals surface area contributed by atoms with Crippen LogP contribution in [0.15, 0.2) is 36.7 Å². The largest absolute Gasteiger partial charge is 0.451 e. The van der Waals surface area contributed by atoms with Crippen molar-refractivity contribution in [2.75, 3.05) is 13.2 Å². The zero-order valence-corrected chi connectivity index (χ0v) is 13.7. The van der Waals surface area contributed by atoms with Gasteiger partial charge in [0.05, 0.1) is 6.54 Å². The summed E-state index contributed by atoms with van der Waals surface area (Å²) in [5, 5.41) is 0. The van der Waals surface area contributed by atoms with E-state index in [-0.39, 0.29) is 25.1 Å². The van der Waals surface area contributed by atoms with Crippen LogP contribution in [0.3, 0.4) is 0 Å². The maximum atomic E-state index is 13.2. The number of alkyl halides is 3. The Bertz CT molecular complexity index is 838. The highest BCUT2D eigenvalue weighted by Crippen LogP contribution is 2.31. The van der Waals surface area contributed by atoms with E-state index in [2.05, 4.69) is 9.97 Å². The van der Waals surface area contributed by atoms with Crippen molar-refractivity contribution >= 4 is 12.0 Å². The molecular weight excluding hydrogens is 370 g/mol. The van der Waals surface area contributed by atoms with Gasteiger partial charge in [0.25, 0.3) is 0 Å². The first-order valence-corrected chi connectivity index (χ1v) is 7.87. The third kappa shape index (κ3) is 4.21. The molecule has 2 aromatic rings. The van der Waals surface area contributed by atoms with E-state index >= 15 is 0 Å². The van der Waals surface area contributed by atoms with E-state index in [9.17, 15) is 27.2 Å². The summed E-state index contributed by atoms with van der Waals surface area (Å²) in [5.74, 6) is -3.13. The molecule has 1 aromatic carbocycles. The molecule has 1 aliphatic heterocycles. The summed E-state index contributed by atoms with van der Waals surface area (Å²) in [5.41, 5.74) is 0.705. The number of imide groups is 1. The molecule has 0 N–H and O–H groups in total. The van der Waals surface area contributed by atoms with Crippen molar-refractivity contribution in [3.8, 4) is 0 Å². The van der Waals surface area contributed by atoms with Gasteiger partial charge < -0.3 is 4.74 Å². The lowest BCUT2D eigenvalue weighted by molar-refractivity contribution is -0.145. The Morgan fingerprint density at radius 3 is 2.30 bits per heavy atom. The Morgan fingerprint density at radius 1 is 1.15 bits per heavy atom. The highest BCUT2D eigenvalue weighted by atomic mass is 19.4. The fourth-order valence-corrected chi connectivity index (χ4v) is 2.69. The Morgan fingerprint density at radius 2 is 1.78 bits per heavy atom. The van der Waals surface area contributed by atoms with Crippen LogP contribution in [0.5, 0.6) is 0 Å². The zero-order chi connectivity index (χ0) is 19.6. The number of carbonyl (C=O) groups is 2. The minimum Gasteiger partial charge on any atom is -0.447 e. The predicted molar refractivity (Wildman–Crippen MR) is 83.0 cm³/mol. The molecule has 142 valence electrons. The number of hydrogen-bond acceptors (Lipinski definition) is 5. The minimum absolute atomic E-state index is 0.0786. The second-order valence-corrected chi connectivity index (χ2v) is 5.81. The summed E-state index contributed by atoms with van der Waals surface area (Å²) in [7, 11) is 0. The molecule has 0 aliphatic carbocycles. The maximum Gasteiger partial charge on any atom is 0.451 e. The van der Waals surface area contributed by atoms with Crippen molar-refractivity contribution in [3.05, 3.63) is 59.4 Å². The Labute approximate surface area is 150 Å². The van der Waals surface area contributed by atoms with Gasteiger partial charge in [-0.3, -0.25) is 4.79 Å². The smallest absolute Gasteiger partial charge is 0.447 e. The number of hydrogen-bond donors (Lipinski definition) is 0. The zero-order valence-electron chi connectivity index (χ0n) is 13.7. The predicted octanol–water partition coefficient (Wildman–Crippen LogP) is 3.14. The molecule has 1 unspecified atom stereocenters. The molecule has 1 fully saturated rings. The molecule has 1 aliphatic rings. The number of nitrogens with zero attached hydrogens (tertiary/aromatic N) is 3. The Hall–Kier alpha value is -3.04. The molecule has 2 amide bonds. The summed E-state index contributed by atoms with van der Waals surface area (Å²) >= 11 is 0. The summed E-state index contributed by atoms with van der Waals surface area (Å²) in [4.78, 5) is 31.5. The summed E-state index contributed by atoms with van der Waals surface area (Å²) in [6.07, 6.45) is -3.77.